The first-order valence-corrected chi connectivity index (χ1v) is 30.8. The topological polar surface area (TPSA) is 443 Å². The van der Waals surface area contributed by atoms with Gasteiger partial charge in [0.2, 0.25) is 29.5 Å². The molecule has 4 fully saturated rings. The Balaban J connectivity index is 0.000000131. The lowest BCUT2D eigenvalue weighted by molar-refractivity contribution is -0.167. The van der Waals surface area contributed by atoms with E-state index in [1.54, 1.807) is 65.6 Å². The van der Waals surface area contributed by atoms with Crippen LogP contribution in [0.4, 0.5) is 0 Å². The Labute approximate surface area is 541 Å². The molecule has 9 heterocycles. The van der Waals surface area contributed by atoms with Crippen LogP contribution in [-0.2, 0) is 69.3 Å². The maximum Gasteiger partial charge on any atom is 0.337 e. The summed E-state index contributed by atoms with van der Waals surface area (Å²) < 4.78 is 29.8. The number of carboxylic acid groups (broad SMARTS) is 2. The van der Waals surface area contributed by atoms with Gasteiger partial charge in [-0.05, 0) is 92.3 Å². The number of ether oxygens (including phenoxy) is 1. The number of amides is 14. The van der Waals surface area contributed by atoms with Crippen molar-refractivity contribution in [2.24, 2.45) is 0 Å². The van der Waals surface area contributed by atoms with E-state index in [0.717, 1.165) is 15.4 Å². The molecule has 4 saturated heterocycles. The average Bonchev–Trinajstić information content (AvgIpc) is 1.58. The molecular weight excluding hydrogens is 1280 g/mol. The summed E-state index contributed by atoms with van der Waals surface area (Å²) in [5.41, 5.74) is 3.08. The molecule has 0 radical (unpaired) electrons. The minimum atomic E-state index is -4.03. The van der Waals surface area contributed by atoms with Crippen LogP contribution in [0.25, 0.3) is 0 Å². The van der Waals surface area contributed by atoms with E-state index in [4.69, 9.17) is 10.2 Å². The molecule has 5 aromatic carbocycles. The Kier molecular flexibility index (Phi) is 19.0. The molecule has 9 aliphatic rings. The number of aliphatic carboxylic acids is 2. The summed E-state index contributed by atoms with van der Waals surface area (Å²) in [7, 11) is -4.03. The first-order chi connectivity index (χ1) is 45.7. The molecule has 5 aromatic rings. The normalized spacial score (nSPS) is 21.5. The number of nitrogens with zero attached hydrogens (tertiary/aromatic N) is 5. The molecule has 5 N–H and O–H groups in total. The molecule has 32 heteroatoms. The summed E-state index contributed by atoms with van der Waals surface area (Å²) in [6.45, 7) is 0.446. The van der Waals surface area contributed by atoms with Crippen molar-refractivity contribution in [3.63, 3.8) is 0 Å². The minimum absolute atomic E-state index is 0.00360. The number of cyclic esters (lactones) is 2. The summed E-state index contributed by atoms with van der Waals surface area (Å²) >= 11 is 0. The molecule has 5 atom stereocenters. The van der Waals surface area contributed by atoms with Gasteiger partial charge in [0.1, 0.15) is 35.1 Å². The Morgan fingerprint density at radius 3 is 1.25 bits per heavy atom. The van der Waals surface area contributed by atoms with Crippen molar-refractivity contribution in [1.29, 1.82) is 0 Å². The third kappa shape index (κ3) is 12.9. The van der Waals surface area contributed by atoms with E-state index in [9.17, 15) is 94.7 Å². The standard InChI is InChI=1S/C13H10N2O4.C13H12N2O3.C13H11NO6.C13H9NO5.C12H10N2O5S/c16-10-6-5-9(11(17)14-10)15-12(18)7-3-1-2-4-8(7)13(15)19;16-11-6-5-10(12(17)14-11)15-7-8-3-1-2-4-9(8)13(15)18;15-10(16)6-5-9(13(19)20)14-11(17)7-3-1-2-4-8(7)12(14)18;15-10-6-5-9(13(18)19-10)14-11(16)7-3-1-2-4-8(7)12(14)17;15-10-6-5-8(11(16)13-10)14-12(17)7-3-1-2-4-9(7)20(14,18)19/h1-4,9H,5-6H2,(H,14,16,17);1-4,10H,5-7H2,(H,14,16,17);1-4,9H,5-6H2,(H,15,16)(H,19,20);1-4,9H,5-6H2;1-4,8H,5-6H2,(H,13,15,16). The van der Waals surface area contributed by atoms with Crippen LogP contribution in [0, 0.1) is 0 Å². The lowest BCUT2D eigenvalue weighted by atomic mass is 10.0. The van der Waals surface area contributed by atoms with Gasteiger partial charge in [0.15, 0.2) is 0 Å². The number of carbonyl (C=O) groups is 18. The second kappa shape index (κ2) is 27.2. The fourth-order valence-corrected chi connectivity index (χ4v) is 13.5. The summed E-state index contributed by atoms with van der Waals surface area (Å²) in [5, 5.41) is 24.2. The van der Waals surface area contributed by atoms with Gasteiger partial charge in [0, 0.05) is 44.2 Å². The SMILES string of the molecule is O=C(O)CCC(C(=O)O)N1C(=O)c2ccccc2C1=O.O=C1CCC(N2C(=O)c3ccccc3C2=O)C(=O)N1.O=C1CCC(N2C(=O)c3ccccc3C2=O)C(=O)O1.O=C1CCC(N2C(=O)c3ccccc3S2(=O)=O)C(=O)N1.O=C1CCC(N2Cc3ccccc3C2=O)C(=O)N1. The first kappa shape index (κ1) is 66.8. The third-order valence-electron chi connectivity index (χ3n) is 16.4. The summed E-state index contributed by atoms with van der Waals surface area (Å²) in [6, 6.07) is 26.9. The molecule has 96 heavy (non-hydrogen) atoms. The van der Waals surface area contributed by atoms with E-state index in [1.165, 1.54) is 42.5 Å². The van der Waals surface area contributed by atoms with E-state index >= 15 is 0 Å². The predicted octanol–water partition coefficient (Wildman–Crippen LogP) is 1.29. The highest BCUT2D eigenvalue weighted by atomic mass is 32.2. The van der Waals surface area contributed by atoms with Crippen molar-refractivity contribution in [2.75, 3.05) is 0 Å². The van der Waals surface area contributed by atoms with Crippen LogP contribution in [0.1, 0.15) is 153 Å². The summed E-state index contributed by atoms with van der Waals surface area (Å²) in [6.07, 6.45) is 0.379. The number of fused-ring (bicyclic) bond motifs is 5. The van der Waals surface area contributed by atoms with Crippen molar-refractivity contribution in [1.82, 2.24) is 39.9 Å². The molecule has 0 bridgehead atoms. The molecular formula is C64H52N8O23S. The summed E-state index contributed by atoms with van der Waals surface area (Å²) in [5.74, 6) is -11.1. The Morgan fingerprint density at radius 1 is 0.448 bits per heavy atom. The maximum absolute atomic E-state index is 12.4. The lowest BCUT2D eigenvalue weighted by Gasteiger charge is -2.29. The summed E-state index contributed by atoms with van der Waals surface area (Å²) in [4.78, 5) is 214. The fourth-order valence-electron chi connectivity index (χ4n) is 11.8. The van der Waals surface area contributed by atoms with Crippen molar-refractivity contribution in [3.8, 4) is 0 Å². The number of imide groups is 6. The molecule has 14 amide bonds. The van der Waals surface area contributed by atoms with E-state index in [0.29, 0.717) is 38.9 Å². The molecule has 0 aliphatic carbocycles. The van der Waals surface area contributed by atoms with Crippen LogP contribution in [0.5, 0.6) is 0 Å². The van der Waals surface area contributed by atoms with Gasteiger partial charge in [0.25, 0.3) is 63.2 Å². The highest BCUT2D eigenvalue weighted by Gasteiger charge is 2.50. The van der Waals surface area contributed by atoms with Gasteiger partial charge in [-0.15, -0.1) is 0 Å². The van der Waals surface area contributed by atoms with Crippen molar-refractivity contribution in [3.05, 3.63) is 171 Å². The Morgan fingerprint density at radius 2 is 0.833 bits per heavy atom. The number of esters is 2. The van der Waals surface area contributed by atoms with E-state index in [-0.39, 0.29) is 108 Å². The van der Waals surface area contributed by atoms with Gasteiger partial charge in [-0.3, -0.25) is 107 Å². The monoisotopic (exact) mass is 1330 g/mol. The van der Waals surface area contributed by atoms with Crippen LogP contribution in [0.2, 0.25) is 0 Å². The first-order valence-electron chi connectivity index (χ1n) is 29.4. The zero-order valence-electron chi connectivity index (χ0n) is 49.8. The number of hydrogen-bond donors (Lipinski definition) is 5. The number of carbonyl (C=O) groups excluding carboxylic acids is 16. The highest BCUT2D eigenvalue weighted by molar-refractivity contribution is 7.90. The second-order valence-electron chi connectivity index (χ2n) is 22.3. The van der Waals surface area contributed by atoms with E-state index in [2.05, 4.69) is 20.7 Å². The average molecular weight is 1330 g/mol. The van der Waals surface area contributed by atoms with Gasteiger partial charge in [-0.2, -0.15) is 0 Å². The van der Waals surface area contributed by atoms with E-state index < -0.39 is 130 Å². The van der Waals surface area contributed by atoms with Gasteiger partial charge in [-0.25, -0.2) is 22.3 Å². The van der Waals surface area contributed by atoms with Crippen molar-refractivity contribution in [2.45, 2.75) is 106 Å². The van der Waals surface area contributed by atoms with Gasteiger partial charge in [-0.1, -0.05) is 66.7 Å². The smallest absolute Gasteiger partial charge is 0.337 e. The number of rotatable bonds is 9. The van der Waals surface area contributed by atoms with Gasteiger partial charge in [0.05, 0.1) is 38.9 Å². The molecule has 14 rings (SSSR count). The Bertz CT molecular complexity index is 4220. The molecule has 5 unspecified atom stereocenters. The van der Waals surface area contributed by atoms with Crippen LogP contribution in [-0.4, -0.2) is 179 Å². The molecule has 0 spiro atoms. The van der Waals surface area contributed by atoms with Crippen LogP contribution in [0.15, 0.2) is 126 Å². The number of nitrogens with one attached hydrogen (secondary N) is 3. The van der Waals surface area contributed by atoms with Crippen LogP contribution < -0.4 is 16.0 Å². The minimum Gasteiger partial charge on any atom is -0.481 e. The van der Waals surface area contributed by atoms with Gasteiger partial charge >= 0.3 is 23.9 Å². The second-order valence-corrected chi connectivity index (χ2v) is 24.1. The van der Waals surface area contributed by atoms with Crippen molar-refractivity contribution >= 4 is 117 Å². The number of hydrogen-bond acceptors (Lipinski definition) is 21. The zero-order chi connectivity index (χ0) is 69.2. The molecule has 9 aliphatic heterocycles. The number of carboxylic acids is 2. The Hall–Kier alpha value is -12.1. The molecule has 492 valence electrons. The third-order valence-corrected chi connectivity index (χ3v) is 18.3. The largest absolute Gasteiger partial charge is 0.481 e. The van der Waals surface area contributed by atoms with Gasteiger partial charge < -0.3 is 19.8 Å². The van der Waals surface area contributed by atoms with Crippen molar-refractivity contribution < 1.29 is 110 Å². The maximum atomic E-state index is 12.4. The fraction of sp³-hybridized carbons (Fsp3) is 0.250. The van der Waals surface area contributed by atoms with E-state index in [1.807, 2.05) is 18.2 Å². The van der Waals surface area contributed by atoms with Crippen LogP contribution >= 0.6 is 0 Å². The number of piperidine rings is 3. The molecule has 0 saturated carbocycles. The van der Waals surface area contributed by atoms with Crippen LogP contribution in [0.3, 0.4) is 0 Å². The molecule has 31 nitrogen and oxygen atoms in total. The molecule has 0 aromatic heterocycles. The number of sulfonamides is 1. The predicted molar refractivity (Wildman–Crippen MR) is 318 cm³/mol. The lowest BCUT2D eigenvalue weighted by Crippen LogP contribution is -2.54. The zero-order valence-corrected chi connectivity index (χ0v) is 50.6. The number of benzene rings is 5. The highest BCUT2D eigenvalue weighted by Crippen LogP contribution is 2.35. The quantitative estimate of drug-likeness (QED) is 0.0788.